The van der Waals surface area contributed by atoms with Crippen LogP contribution in [0, 0.1) is 3.57 Å². The molecule has 1 N–H and O–H groups in total. The maximum Gasteiger partial charge on any atom is 0.416 e. The van der Waals surface area contributed by atoms with E-state index in [-0.39, 0.29) is 5.56 Å². The highest BCUT2D eigenvalue weighted by atomic mass is 127. The molecule has 126 valence electrons. The van der Waals surface area contributed by atoms with E-state index in [4.69, 9.17) is 4.74 Å². The number of carbonyl (C=O) groups excluding carboxylic acids is 1. The summed E-state index contributed by atoms with van der Waals surface area (Å²) >= 11 is 2.03. The number of hydrogen-bond acceptors (Lipinski definition) is 3. The molecular weight excluding hydrogens is 436 g/mol. The minimum atomic E-state index is -4.42. The number of ether oxygens (including phenoxy) is 1. The molecule has 0 unspecified atom stereocenters. The van der Waals surface area contributed by atoms with Crippen molar-refractivity contribution in [3.05, 3.63) is 62.7 Å². The number of halogens is 4. The molecule has 4 nitrogen and oxygen atoms in total. The van der Waals surface area contributed by atoms with Gasteiger partial charge in [0, 0.05) is 5.56 Å². The summed E-state index contributed by atoms with van der Waals surface area (Å²) in [7, 11) is 1.52. The van der Waals surface area contributed by atoms with E-state index in [0.717, 1.165) is 21.9 Å². The smallest absolute Gasteiger partial charge is 0.416 e. The molecule has 0 spiro atoms. The van der Waals surface area contributed by atoms with E-state index in [0.29, 0.717) is 11.3 Å². The zero-order valence-corrected chi connectivity index (χ0v) is 14.6. The Hall–Kier alpha value is -2.10. The van der Waals surface area contributed by atoms with Gasteiger partial charge >= 0.3 is 6.18 Å². The van der Waals surface area contributed by atoms with Crippen molar-refractivity contribution in [3.8, 4) is 5.75 Å². The van der Waals surface area contributed by atoms with Crippen LogP contribution in [0.15, 0.2) is 47.6 Å². The average molecular weight is 448 g/mol. The molecule has 0 aliphatic carbocycles. The molecule has 0 radical (unpaired) electrons. The van der Waals surface area contributed by atoms with E-state index in [9.17, 15) is 18.0 Å². The molecule has 8 heteroatoms. The zero-order valence-electron chi connectivity index (χ0n) is 12.4. The van der Waals surface area contributed by atoms with Crippen LogP contribution < -0.4 is 10.2 Å². The third-order valence-corrected chi connectivity index (χ3v) is 3.85. The van der Waals surface area contributed by atoms with E-state index in [1.807, 2.05) is 22.6 Å². The van der Waals surface area contributed by atoms with Crippen molar-refractivity contribution in [1.82, 2.24) is 5.43 Å². The fraction of sp³-hybridized carbons (Fsp3) is 0.125. The first kappa shape index (κ1) is 18.2. The summed E-state index contributed by atoms with van der Waals surface area (Å²) in [6, 6.07) is 9.48. The molecule has 2 aromatic carbocycles. The highest BCUT2D eigenvalue weighted by Crippen LogP contribution is 2.29. The minimum Gasteiger partial charge on any atom is -0.496 e. The highest BCUT2D eigenvalue weighted by Gasteiger charge is 2.30. The molecular formula is C16H12F3IN2O2. The Kier molecular flexibility index (Phi) is 5.81. The molecule has 2 rings (SSSR count). The Morgan fingerprint density at radius 2 is 2.00 bits per heavy atom. The molecule has 0 atom stereocenters. The van der Waals surface area contributed by atoms with E-state index in [1.165, 1.54) is 19.2 Å². The fourth-order valence-corrected chi connectivity index (χ4v) is 2.57. The first-order valence-corrected chi connectivity index (χ1v) is 7.73. The molecule has 1 amide bonds. The summed E-state index contributed by atoms with van der Waals surface area (Å²) < 4.78 is 43.7. The second-order valence-corrected chi connectivity index (χ2v) is 5.83. The lowest BCUT2D eigenvalue weighted by Gasteiger charge is -2.07. The van der Waals surface area contributed by atoms with Gasteiger partial charge < -0.3 is 4.74 Å². The van der Waals surface area contributed by atoms with Crippen molar-refractivity contribution in [2.45, 2.75) is 6.18 Å². The van der Waals surface area contributed by atoms with E-state index >= 15 is 0 Å². The van der Waals surface area contributed by atoms with Crippen molar-refractivity contribution in [1.29, 1.82) is 0 Å². The standard InChI is InChI=1S/C16H12F3IN2O2/c1-24-14-6-5-11(8-13(14)20)15(23)22-21-9-10-3-2-4-12(7-10)16(17,18)19/h2-9H,1H3,(H,22,23)/b21-9+. The number of hydrogen-bond donors (Lipinski definition) is 1. The van der Waals surface area contributed by atoms with Crippen LogP contribution in [0.5, 0.6) is 5.75 Å². The quantitative estimate of drug-likeness (QED) is 0.436. The maximum absolute atomic E-state index is 12.6. The number of methoxy groups -OCH3 is 1. The van der Waals surface area contributed by atoms with E-state index < -0.39 is 17.6 Å². The summed E-state index contributed by atoms with van der Waals surface area (Å²) in [5.41, 5.74) is 2.09. The van der Waals surface area contributed by atoms with Gasteiger partial charge in [0.1, 0.15) is 5.75 Å². The fourth-order valence-electron chi connectivity index (χ4n) is 1.83. The molecule has 0 aliphatic heterocycles. The second kappa shape index (κ2) is 7.65. The lowest BCUT2D eigenvalue weighted by atomic mass is 10.1. The van der Waals surface area contributed by atoms with Gasteiger partial charge in [-0.25, -0.2) is 5.43 Å². The van der Waals surface area contributed by atoms with Crippen LogP contribution in [0.3, 0.4) is 0 Å². The molecule has 0 heterocycles. The van der Waals surface area contributed by atoms with Gasteiger partial charge in [-0.3, -0.25) is 4.79 Å². The SMILES string of the molecule is COc1ccc(C(=O)N/N=C/c2cccc(C(F)(F)F)c2)cc1I. The lowest BCUT2D eigenvalue weighted by molar-refractivity contribution is -0.137. The molecule has 0 fully saturated rings. The second-order valence-electron chi connectivity index (χ2n) is 4.67. The number of hydrazone groups is 1. The number of alkyl halides is 3. The number of carbonyl (C=O) groups is 1. The third kappa shape index (κ3) is 4.70. The first-order chi connectivity index (χ1) is 11.3. The van der Waals surface area contributed by atoms with Crippen LogP contribution in [0.4, 0.5) is 13.2 Å². The van der Waals surface area contributed by atoms with Gasteiger partial charge in [0.15, 0.2) is 0 Å². The van der Waals surface area contributed by atoms with Crippen LogP contribution in [0.1, 0.15) is 21.5 Å². The summed E-state index contributed by atoms with van der Waals surface area (Å²) in [5.74, 6) is 0.165. The van der Waals surface area contributed by atoms with Gasteiger partial charge in [0.2, 0.25) is 0 Å². The van der Waals surface area contributed by atoms with Crippen LogP contribution >= 0.6 is 22.6 Å². The van der Waals surface area contributed by atoms with Crippen LogP contribution in [-0.2, 0) is 6.18 Å². The molecule has 2 aromatic rings. The molecule has 0 saturated carbocycles. The van der Waals surface area contributed by atoms with Crippen molar-refractivity contribution in [2.24, 2.45) is 5.10 Å². The zero-order chi connectivity index (χ0) is 17.7. The van der Waals surface area contributed by atoms with Crippen LogP contribution in [-0.4, -0.2) is 19.2 Å². The summed E-state index contributed by atoms with van der Waals surface area (Å²) in [6.45, 7) is 0. The third-order valence-electron chi connectivity index (χ3n) is 3.01. The number of amides is 1. The Morgan fingerprint density at radius 1 is 1.25 bits per heavy atom. The maximum atomic E-state index is 12.6. The molecule has 0 aromatic heterocycles. The average Bonchev–Trinajstić information content (AvgIpc) is 2.54. The van der Waals surface area contributed by atoms with Gasteiger partial charge in [0.25, 0.3) is 5.91 Å². The number of rotatable bonds is 4. The monoisotopic (exact) mass is 448 g/mol. The Balaban J connectivity index is 2.06. The van der Waals surface area contributed by atoms with Gasteiger partial charge in [-0.15, -0.1) is 0 Å². The molecule has 0 saturated heterocycles. The first-order valence-electron chi connectivity index (χ1n) is 6.65. The topological polar surface area (TPSA) is 50.7 Å². The number of nitrogens with one attached hydrogen (secondary N) is 1. The van der Waals surface area contributed by atoms with Crippen molar-refractivity contribution >= 4 is 34.7 Å². The normalized spacial score (nSPS) is 11.5. The predicted molar refractivity (Wildman–Crippen MR) is 92.2 cm³/mol. The van der Waals surface area contributed by atoms with E-state index in [1.54, 1.807) is 18.2 Å². The van der Waals surface area contributed by atoms with Gasteiger partial charge in [-0.1, -0.05) is 12.1 Å². The Morgan fingerprint density at radius 3 is 2.62 bits per heavy atom. The minimum absolute atomic E-state index is 0.231. The van der Waals surface area contributed by atoms with Crippen LogP contribution in [0.2, 0.25) is 0 Å². The summed E-state index contributed by atoms with van der Waals surface area (Å²) in [4.78, 5) is 12.0. The van der Waals surface area contributed by atoms with Gasteiger partial charge in [-0.2, -0.15) is 18.3 Å². The molecule has 0 bridgehead atoms. The van der Waals surface area contributed by atoms with E-state index in [2.05, 4.69) is 10.5 Å². The molecule has 0 aliphatic rings. The van der Waals surface area contributed by atoms with Crippen molar-refractivity contribution in [2.75, 3.05) is 7.11 Å². The number of benzene rings is 2. The summed E-state index contributed by atoms with van der Waals surface area (Å²) in [6.07, 6.45) is -3.27. The highest BCUT2D eigenvalue weighted by molar-refractivity contribution is 14.1. The largest absolute Gasteiger partial charge is 0.496 e. The van der Waals surface area contributed by atoms with Crippen molar-refractivity contribution < 1.29 is 22.7 Å². The summed E-state index contributed by atoms with van der Waals surface area (Å²) in [5, 5.41) is 3.69. The Bertz CT molecular complexity index is 776. The lowest BCUT2D eigenvalue weighted by Crippen LogP contribution is -2.17. The van der Waals surface area contributed by atoms with Crippen molar-refractivity contribution in [3.63, 3.8) is 0 Å². The number of nitrogens with zero attached hydrogens (tertiary/aromatic N) is 1. The predicted octanol–water partition coefficient (Wildman–Crippen LogP) is 4.08. The molecule has 24 heavy (non-hydrogen) atoms. The van der Waals surface area contributed by atoms with Gasteiger partial charge in [-0.05, 0) is 58.5 Å². The Labute approximate surface area is 149 Å². The van der Waals surface area contributed by atoms with Crippen LogP contribution in [0.25, 0.3) is 0 Å². The van der Waals surface area contributed by atoms with Gasteiger partial charge in [0.05, 0.1) is 22.5 Å².